The molecule has 3 aromatic heterocycles. The third-order valence-electron chi connectivity index (χ3n) is 4.10. The van der Waals surface area contributed by atoms with E-state index >= 15 is 0 Å². The lowest BCUT2D eigenvalue weighted by Gasteiger charge is -2.16. The third kappa shape index (κ3) is 3.07. The van der Waals surface area contributed by atoms with E-state index in [1.807, 2.05) is 31.3 Å². The van der Waals surface area contributed by atoms with Crippen LogP contribution in [0.1, 0.15) is 18.4 Å². The Morgan fingerprint density at radius 1 is 1.12 bits per heavy atom. The van der Waals surface area contributed by atoms with Crippen molar-refractivity contribution < 1.29 is 0 Å². The molecular formula is C17H18N6S. The molecule has 4 rings (SSSR count). The lowest BCUT2D eigenvalue weighted by molar-refractivity contribution is 0.949. The summed E-state index contributed by atoms with van der Waals surface area (Å²) in [5.74, 6) is 1.42. The largest absolute Gasteiger partial charge is 0.370 e. The van der Waals surface area contributed by atoms with Gasteiger partial charge in [-0.3, -0.25) is 4.98 Å². The summed E-state index contributed by atoms with van der Waals surface area (Å²) in [7, 11) is 0. The van der Waals surface area contributed by atoms with E-state index in [1.165, 1.54) is 30.1 Å². The van der Waals surface area contributed by atoms with Crippen molar-refractivity contribution in [1.29, 1.82) is 0 Å². The van der Waals surface area contributed by atoms with E-state index in [1.54, 1.807) is 6.20 Å². The van der Waals surface area contributed by atoms with E-state index in [4.69, 9.17) is 0 Å². The average Bonchev–Trinajstić information content (AvgIpc) is 3.28. The van der Waals surface area contributed by atoms with Crippen molar-refractivity contribution in [3.05, 3.63) is 42.2 Å². The zero-order valence-electron chi connectivity index (χ0n) is 13.4. The lowest BCUT2D eigenvalue weighted by atomic mass is 10.2. The minimum absolute atomic E-state index is 0.647. The monoisotopic (exact) mass is 338 g/mol. The molecule has 0 spiro atoms. The summed E-state index contributed by atoms with van der Waals surface area (Å²) in [5.41, 5.74) is 3.06. The second-order valence-electron chi connectivity index (χ2n) is 5.81. The van der Waals surface area contributed by atoms with Gasteiger partial charge >= 0.3 is 0 Å². The van der Waals surface area contributed by atoms with Crippen molar-refractivity contribution in [1.82, 2.24) is 19.3 Å². The zero-order chi connectivity index (χ0) is 16.4. The summed E-state index contributed by atoms with van der Waals surface area (Å²) in [6.45, 7) is 4.25. The lowest BCUT2D eigenvalue weighted by Crippen LogP contribution is -2.17. The van der Waals surface area contributed by atoms with Crippen LogP contribution in [-0.4, -0.2) is 32.4 Å². The maximum absolute atomic E-state index is 4.52. The molecule has 0 unspecified atom stereocenters. The molecule has 1 N–H and O–H groups in total. The maximum Gasteiger partial charge on any atom is 0.208 e. The van der Waals surface area contributed by atoms with Crippen molar-refractivity contribution in [3.63, 3.8) is 0 Å². The van der Waals surface area contributed by atoms with E-state index in [2.05, 4.69) is 35.6 Å². The van der Waals surface area contributed by atoms with Gasteiger partial charge in [0.1, 0.15) is 11.5 Å². The number of nitrogens with zero attached hydrogens (tertiary/aromatic N) is 5. The van der Waals surface area contributed by atoms with Crippen molar-refractivity contribution in [3.8, 4) is 11.5 Å². The Labute approximate surface area is 144 Å². The summed E-state index contributed by atoms with van der Waals surface area (Å²) >= 11 is 1.31. The number of pyridine rings is 2. The number of aromatic nitrogens is 4. The first-order valence-corrected chi connectivity index (χ1v) is 8.81. The van der Waals surface area contributed by atoms with Crippen molar-refractivity contribution in [2.45, 2.75) is 19.8 Å². The SMILES string of the molecule is Cc1cccnc1-c1nsc(Nc2ccc(N3CCCC3)cn2)n1. The summed E-state index contributed by atoms with van der Waals surface area (Å²) < 4.78 is 4.39. The van der Waals surface area contributed by atoms with Crippen LogP contribution in [0, 0.1) is 6.92 Å². The fourth-order valence-corrected chi connectivity index (χ4v) is 3.40. The van der Waals surface area contributed by atoms with Crippen LogP contribution in [0.5, 0.6) is 0 Å². The molecular weight excluding hydrogens is 320 g/mol. The van der Waals surface area contributed by atoms with E-state index in [-0.39, 0.29) is 0 Å². The minimum Gasteiger partial charge on any atom is -0.370 e. The highest BCUT2D eigenvalue weighted by Crippen LogP contribution is 2.25. The van der Waals surface area contributed by atoms with Crippen LogP contribution < -0.4 is 10.2 Å². The van der Waals surface area contributed by atoms with Crippen molar-refractivity contribution in [2.75, 3.05) is 23.3 Å². The number of rotatable bonds is 4. The van der Waals surface area contributed by atoms with Gasteiger partial charge in [-0.2, -0.15) is 9.36 Å². The summed E-state index contributed by atoms with van der Waals surface area (Å²) in [5, 5.41) is 3.94. The molecule has 6 nitrogen and oxygen atoms in total. The highest BCUT2D eigenvalue weighted by atomic mass is 32.1. The highest BCUT2D eigenvalue weighted by Gasteiger charge is 2.13. The quantitative estimate of drug-likeness (QED) is 0.783. The molecule has 0 amide bonds. The molecule has 24 heavy (non-hydrogen) atoms. The summed E-state index contributed by atoms with van der Waals surface area (Å²) in [4.78, 5) is 15.7. The Balaban J connectivity index is 1.49. The molecule has 0 aliphatic carbocycles. The van der Waals surface area contributed by atoms with Crippen LogP contribution in [0.4, 0.5) is 16.6 Å². The Morgan fingerprint density at radius 3 is 2.75 bits per heavy atom. The van der Waals surface area contributed by atoms with Gasteiger partial charge in [-0.25, -0.2) is 4.98 Å². The van der Waals surface area contributed by atoms with Gasteiger partial charge in [0, 0.05) is 30.8 Å². The van der Waals surface area contributed by atoms with Gasteiger partial charge in [0.2, 0.25) is 5.13 Å². The molecule has 1 saturated heterocycles. The molecule has 4 heterocycles. The normalized spacial score (nSPS) is 14.1. The first-order valence-electron chi connectivity index (χ1n) is 8.03. The first-order chi connectivity index (χ1) is 11.8. The van der Waals surface area contributed by atoms with E-state index in [0.29, 0.717) is 5.82 Å². The number of aryl methyl sites for hydroxylation is 1. The third-order valence-corrected chi connectivity index (χ3v) is 4.73. The number of hydrogen-bond acceptors (Lipinski definition) is 7. The molecule has 1 fully saturated rings. The number of anilines is 3. The van der Waals surface area contributed by atoms with Crippen LogP contribution in [0.3, 0.4) is 0 Å². The van der Waals surface area contributed by atoms with Crippen LogP contribution in [0.15, 0.2) is 36.7 Å². The predicted molar refractivity (Wildman–Crippen MR) is 96.8 cm³/mol. The predicted octanol–water partition coefficient (Wildman–Crippen LogP) is 3.65. The van der Waals surface area contributed by atoms with E-state index < -0.39 is 0 Å². The van der Waals surface area contributed by atoms with Gasteiger partial charge in [-0.05, 0) is 43.5 Å². The first kappa shape index (κ1) is 15.0. The fraction of sp³-hybridized carbons (Fsp3) is 0.294. The zero-order valence-corrected chi connectivity index (χ0v) is 14.3. The molecule has 0 aromatic carbocycles. The number of hydrogen-bond donors (Lipinski definition) is 1. The van der Waals surface area contributed by atoms with Crippen molar-refractivity contribution >= 4 is 28.2 Å². The Kier molecular flexibility index (Phi) is 4.08. The van der Waals surface area contributed by atoms with Crippen LogP contribution in [0.25, 0.3) is 11.5 Å². The highest BCUT2D eigenvalue weighted by molar-refractivity contribution is 7.09. The molecule has 3 aromatic rings. The van der Waals surface area contributed by atoms with Gasteiger partial charge in [-0.15, -0.1) is 0 Å². The molecule has 1 aliphatic rings. The van der Waals surface area contributed by atoms with Gasteiger partial charge < -0.3 is 10.2 Å². The molecule has 0 bridgehead atoms. The van der Waals surface area contributed by atoms with Gasteiger partial charge in [-0.1, -0.05) is 6.07 Å². The molecule has 7 heteroatoms. The molecule has 0 radical (unpaired) electrons. The average molecular weight is 338 g/mol. The van der Waals surface area contributed by atoms with Gasteiger partial charge in [0.15, 0.2) is 5.82 Å². The second-order valence-corrected chi connectivity index (χ2v) is 6.56. The van der Waals surface area contributed by atoms with Crippen LogP contribution in [-0.2, 0) is 0 Å². The van der Waals surface area contributed by atoms with E-state index in [9.17, 15) is 0 Å². The smallest absolute Gasteiger partial charge is 0.208 e. The molecule has 0 atom stereocenters. The van der Waals surface area contributed by atoms with Crippen molar-refractivity contribution in [2.24, 2.45) is 0 Å². The minimum atomic E-state index is 0.647. The Hall–Kier alpha value is -2.54. The Morgan fingerprint density at radius 2 is 2.00 bits per heavy atom. The van der Waals surface area contributed by atoms with Crippen LogP contribution >= 0.6 is 11.5 Å². The Bertz CT molecular complexity index is 823. The van der Waals surface area contributed by atoms with E-state index in [0.717, 1.165) is 35.3 Å². The number of nitrogens with one attached hydrogen (secondary N) is 1. The molecule has 0 saturated carbocycles. The summed E-state index contributed by atoms with van der Waals surface area (Å²) in [6, 6.07) is 8.01. The maximum atomic E-state index is 4.52. The van der Waals surface area contributed by atoms with Gasteiger partial charge in [0.05, 0.1) is 11.9 Å². The standard InChI is InChI=1S/C17H18N6S/c1-12-5-4-8-18-15(12)16-21-17(24-22-16)20-14-7-6-13(11-19-14)23-9-2-3-10-23/h4-8,11H,2-3,9-10H2,1H3,(H,19,20,21,22). The topological polar surface area (TPSA) is 66.8 Å². The molecule has 122 valence electrons. The van der Waals surface area contributed by atoms with Gasteiger partial charge in [0.25, 0.3) is 0 Å². The molecule has 1 aliphatic heterocycles. The second kappa shape index (κ2) is 6.52. The summed E-state index contributed by atoms with van der Waals surface area (Å²) in [6.07, 6.45) is 6.20. The fourth-order valence-electron chi connectivity index (χ4n) is 2.82. The van der Waals surface area contributed by atoms with Crippen LogP contribution in [0.2, 0.25) is 0 Å².